The van der Waals surface area contributed by atoms with Gasteiger partial charge in [-0.1, -0.05) is 18.2 Å². The third kappa shape index (κ3) is 3.41. The van der Waals surface area contributed by atoms with Gasteiger partial charge in [0.2, 0.25) is 11.2 Å². The van der Waals surface area contributed by atoms with Gasteiger partial charge >= 0.3 is 18.4 Å². The molecule has 0 radical (unpaired) electrons. The zero-order valence-electron chi connectivity index (χ0n) is 10.9. The molecule has 0 saturated heterocycles. The van der Waals surface area contributed by atoms with Gasteiger partial charge in [0.05, 0.1) is 6.57 Å². The Morgan fingerprint density at radius 3 is 2.05 bits per heavy atom. The number of carbonyl (C=O) groups excluding carboxylic acids is 1. The maximum Gasteiger partial charge on any atom is 0.420 e. The molecule has 0 aliphatic heterocycles. The molecule has 0 spiro atoms. The number of benzene rings is 1. The van der Waals surface area contributed by atoms with E-state index in [0.717, 1.165) is 5.32 Å². The van der Waals surface area contributed by atoms with Crippen molar-refractivity contribution >= 4 is 17.4 Å². The number of para-hydroxylation sites is 2. The van der Waals surface area contributed by atoms with Crippen LogP contribution in [-0.2, 0) is 0 Å². The summed E-state index contributed by atoms with van der Waals surface area (Å²) in [6.07, 6.45) is -11.5. The molecule has 120 valence electrons. The van der Waals surface area contributed by atoms with Crippen molar-refractivity contribution in [1.29, 1.82) is 0 Å². The van der Waals surface area contributed by atoms with E-state index in [4.69, 9.17) is 6.57 Å². The van der Waals surface area contributed by atoms with Crippen LogP contribution >= 0.6 is 0 Å². The Labute approximate surface area is 120 Å². The summed E-state index contributed by atoms with van der Waals surface area (Å²) in [5.74, 6) is 0. The zero-order chi connectivity index (χ0) is 17.2. The molecule has 2 amide bonds. The summed E-state index contributed by atoms with van der Waals surface area (Å²) in [4.78, 5) is 14.4. The predicted octanol–water partition coefficient (Wildman–Crippen LogP) is 4.24. The molecule has 0 heterocycles. The predicted molar refractivity (Wildman–Crippen MR) is 65.4 cm³/mol. The van der Waals surface area contributed by atoms with Crippen LogP contribution in [0, 0.1) is 6.57 Å². The highest BCUT2D eigenvalue weighted by molar-refractivity contribution is 5.93. The van der Waals surface area contributed by atoms with E-state index in [9.17, 15) is 31.1 Å². The Morgan fingerprint density at radius 1 is 1.09 bits per heavy atom. The van der Waals surface area contributed by atoms with Crippen molar-refractivity contribution < 1.29 is 31.1 Å². The van der Waals surface area contributed by atoms with Crippen LogP contribution in [0.5, 0.6) is 0 Å². The van der Waals surface area contributed by atoms with Gasteiger partial charge in [-0.2, -0.15) is 26.3 Å². The van der Waals surface area contributed by atoms with Gasteiger partial charge in [0.15, 0.2) is 0 Å². The molecule has 0 fully saturated rings. The number of hydrogen-bond donors (Lipinski definition) is 2. The Kier molecular flexibility index (Phi) is 4.60. The standard InChI is InChI=1S/C12H9F6N3O/c1-10(11(13,14)15,12(16,17)18)21-9(22)20-8-6-4-3-5-7(8)19-2/h3-6H,1H3,(H2,20,21,22). The Bertz CT molecular complexity index is 588. The van der Waals surface area contributed by atoms with Gasteiger partial charge < -0.3 is 10.6 Å². The molecule has 0 atom stereocenters. The fraction of sp³-hybridized carbons (Fsp3) is 0.333. The summed E-state index contributed by atoms with van der Waals surface area (Å²) >= 11 is 0. The van der Waals surface area contributed by atoms with E-state index >= 15 is 0 Å². The first-order chi connectivity index (χ1) is 9.92. The van der Waals surface area contributed by atoms with Gasteiger partial charge in [-0.15, -0.1) is 0 Å². The van der Waals surface area contributed by atoms with Crippen molar-refractivity contribution in [3.8, 4) is 0 Å². The van der Waals surface area contributed by atoms with Crippen molar-refractivity contribution in [3.05, 3.63) is 35.7 Å². The van der Waals surface area contributed by atoms with E-state index in [1.54, 1.807) is 5.32 Å². The number of anilines is 1. The van der Waals surface area contributed by atoms with Gasteiger partial charge in [0.1, 0.15) is 0 Å². The second kappa shape index (κ2) is 5.75. The molecule has 0 aliphatic carbocycles. The van der Waals surface area contributed by atoms with Crippen LogP contribution in [-0.4, -0.2) is 23.9 Å². The first kappa shape index (κ1) is 17.6. The molecule has 2 N–H and O–H groups in total. The van der Waals surface area contributed by atoms with Crippen LogP contribution < -0.4 is 10.6 Å². The van der Waals surface area contributed by atoms with Crippen LogP contribution in [0.15, 0.2) is 24.3 Å². The van der Waals surface area contributed by atoms with Gasteiger partial charge in [0.25, 0.3) is 0 Å². The van der Waals surface area contributed by atoms with Crippen molar-refractivity contribution in [3.63, 3.8) is 0 Å². The molecule has 0 saturated carbocycles. The quantitative estimate of drug-likeness (QED) is 0.620. The van der Waals surface area contributed by atoms with Gasteiger partial charge in [-0.05, 0) is 13.0 Å². The molecule has 0 bridgehead atoms. The number of amides is 2. The van der Waals surface area contributed by atoms with Crippen LogP contribution in [0.2, 0.25) is 0 Å². The molecular weight excluding hydrogens is 316 g/mol. The van der Waals surface area contributed by atoms with Gasteiger partial charge in [-0.25, -0.2) is 9.64 Å². The molecule has 22 heavy (non-hydrogen) atoms. The zero-order valence-corrected chi connectivity index (χ0v) is 10.9. The molecule has 0 unspecified atom stereocenters. The third-order valence-electron chi connectivity index (χ3n) is 2.77. The third-order valence-corrected chi connectivity index (χ3v) is 2.77. The number of nitrogens with zero attached hydrogens (tertiary/aromatic N) is 1. The number of halogens is 6. The maximum atomic E-state index is 12.6. The van der Waals surface area contributed by atoms with Crippen LogP contribution in [0.25, 0.3) is 4.85 Å². The van der Waals surface area contributed by atoms with Crippen molar-refractivity contribution in [2.24, 2.45) is 0 Å². The highest BCUT2D eigenvalue weighted by Gasteiger charge is 2.68. The number of rotatable bonds is 2. The Balaban J connectivity index is 3.02. The van der Waals surface area contributed by atoms with Crippen LogP contribution in [0.4, 0.5) is 42.5 Å². The number of urea groups is 1. The average molecular weight is 325 g/mol. The SMILES string of the molecule is [C-]#[N+]c1ccccc1NC(=O)NC(C)(C(F)(F)F)C(F)(F)F. The highest BCUT2D eigenvalue weighted by atomic mass is 19.4. The van der Waals surface area contributed by atoms with Crippen molar-refractivity contribution in [1.82, 2.24) is 5.32 Å². The lowest BCUT2D eigenvalue weighted by molar-refractivity contribution is -0.297. The smallest absolute Gasteiger partial charge is 0.317 e. The number of nitrogens with one attached hydrogen (secondary N) is 2. The van der Waals surface area contributed by atoms with E-state index in [1.807, 2.05) is 0 Å². The second-order valence-corrected chi connectivity index (χ2v) is 4.33. The number of alkyl halides is 6. The number of hydrogen-bond acceptors (Lipinski definition) is 1. The van der Waals surface area contributed by atoms with Gasteiger partial charge in [0, 0.05) is 5.69 Å². The summed E-state index contributed by atoms with van der Waals surface area (Å²) in [5, 5.41) is 2.67. The monoisotopic (exact) mass is 325 g/mol. The van der Waals surface area contributed by atoms with Gasteiger partial charge in [-0.3, -0.25) is 0 Å². The minimum Gasteiger partial charge on any atom is -0.317 e. The topological polar surface area (TPSA) is 45.5 Å². The second-order valence-electron chi connectivity index (χ2n) is 4.33. The molecular formula is C12H9F6N3O. The minimum absolute atomic E-state index is 0.127. The lowest BCUT2D eigenvalue weighted by atomic mass is 10.0. The molecule has 1 aromatic rings. The summed E-state index contributed by atoms with van der Waals surface area (Å²) in [7, 11) is 0. The molecule has 10 heteroatoms. The Morgan fingerprint density at radius 2 is 1.59 bits per heavy atom. The molecule has 4 nitrogen and oxygen atoms in total. The lowest BCUT2D eigenvalue weighted by Crippen LogP contribution is -2.66. The van der Waals surface area contributed by atoms with E-state index in [-0.39, 0.29) is 18.3 Å². The summed E-state index contributed by atoms with van der Waals surface area (Å²) in [6, 6.07) is 3.47. The molecule has 1 aromatic carbocycles. The maximum absolute atomic E-state index is 12.6. The average Bonchev–Trinajstić information content (AvgIpc) is 2.36. The number of carbonyl (C=O) groups is 1. The minimum atomic E-state index is -5.75. The van der Waals surface area contributed by atoms with Crippen LogP contribution in [0.1, 0.15) is 6.92 Å². The highest BCUT2D eigenvalue weighted by Crippen LogP contribution is 2.42. The molecule has 0 aromatic heterocycles. The van der Waals surface area contributed by atoms with Crippen molar-refractivity contribution in [2.75, 3.05) is 5.32 Å². The first-order valence-electron chi connectivity index (χ1n) is 5.61. The Hall–Kier alpha value is -2.44. The first-order valence-corrected chi connectivity index (χ1v) is 5.61. The summed E-state index contributed by atoms with van der Waals surface area (Å²) in [6.45, 7) is 6.61. The van der Waals surface area contributed by atoms with Crippen molar-refractivity contribution in [2.45, 2.75) is 24.8 Å². The largest absolute Gasteiger partial charge is 0.420 e. The van der Waals surface area contributed by atoms with E-state index < -0.39 is 23.9 Å². The van der Waals surface area contributed by atoms with E-state index in [2.05, 4.69) is 4.85 Å². The van der Waals surface area contributed by atoms with E-state index in [0.29, 0.717) is 0 Å². The fourth-order valence-electron chi connectivity index (χ4n) is 1.36. The fourth-order valence-corrected chi connectivity index (χ4v) is 1.36. The summed E-state index contributed by atoms with van der Waals surface area (Å²) < 4.78 is 75.8. The summed E-state index contributed by atoms with van der Waals surface area (Å²) in [5.41, 5.74) is -4.75. The lowest BCUT2D eigenvalue weighted by Gasteiger charge is -2.34. The van der Waals surface area contributed by atoms with E-state index in [1.165, 1.54) is 24.3 Å². The normalized spacial score (nSPS) is 12.5. The molecule has 1 rings (SSSR count). The van der Waals surface area contributed by atoms with Crippen LogP contribution in [0.3, 0.4) is 0 Å². The molecule has 0 aliphatic rings.